The zero-order chi connectivity index (χ0) is 34.3. The lowest BCUT2D eigenvalue weighted by Gasteiger charge is -2.48. The van der Waals surface area contributed by atoms with E-state index < -0.39 is 29.4 Å². The number of carbonyl (C=O) groups is 2. The summed E-state index contributed by atoms with van der Waals surface area (Å²) in [6.07, 6.45) is -7.98. The topological polar surface area (TPSA) is 58.2 Å². The highest BCUT2D eigenvalue weighted by atomic mass is 19.4. The van der Waals surface area contributed by atoms with E-state index in [2.05, 4.69) is 5.32 Å². The maximum atomic E-state index is 13.5. The Kier molecular flexibility index (Phi) is 8.61. The minimum Gasteiger partial charge on any atom is -0.338 e. The number of hydrogen-bond donors (Lipinski definition) is 2. The molecule has 250 valence electrons. The smallest absolute Gasteiger partial charge is 0.338 e. The third-order valence-corrected chi connectivity index (χ3v) is 9.56. The molecule has 1 fully saturated rings. The predicted molar refractivity (Wildman–Crippen MR) is 170 cm³/mol. The monoisotopic (exact) mass is 666 g/mol. The standard InChI is InChI=1S/C37H33F6N3O2/c1-46(22-26(23-46)44-33(47)30-13-3-2-10-27(30)24-16-18-25(19-17-24)36(38,39)40)21-9-8-20-35(34(48)45-37(41,42)43)31-14-6-4-11-28(31)29-12-5-7-15-32(29)35/h2-7,10-19,26H,8-9,20-23H2,1H3,(H-,44,45,47,48)/p+1. The van der Waals surface area contributed by atoms with E-state index in [1.54, 1.807) is 48.5 Å². The first-order valence-corrected chi connectivity index (χ1v) is 15.7. The highest BCUT2D eigenvalue weighted by Crippen LogP contribution is 2.52. The van der Waals surface area contributed by atoms with Crippen LogP contribution in [0, 0.1) is 0 Å². The molecule has 2 N–H and O–H groups in total. The minimum absolute atomic E-state index is 0.124. The van der Waals surface area contributed by atoms with Crippen molar-refractivity contribution in [3.8, 4) is 22.3 Å². The summed E-state index contributed by atoms with van der Waals surface area (Å²) in [5.41, 5.74) is 1.78. The van der Waals surface area contributed by atoms with Gasteiger partial charge in [0.1, 0.15) is 24.5 Å². The van der Waals surface area contributed by atoms with Gasteiger partial charge >= 0.3 is 12.5 Å². The Labute approximate surface area is 274 Å². The zero-order valence-electron chi connectivity index (χ0n) is 26.1. The maximum Gasteiger partial charge on any atom is 0.484 e. The Balaban J connectivity index is 1.09. The molecule has 1 aliphatic carbocycles. The number of hydrogen-bond acceptors (Lipinski definition) is 2. The average Bonchev–Trinajstić information content (AvgIpc) is 3.32. The predicted octanol–water partition coefficient (Wildman–Crippen LogP) is 7.70. The van der Waals surface area contributed by atoms with Crippen LogP contribution in [0.4, 0.5) is 26.3 Å². The van der Waals surface area contributed by atoms with Crippen molar-refractivity contribution < 1.29 is 40.4 Å². The molecular formula is C37H34F6N3O2+. The van der Waals surface area contributed by atoms with Gasteiger partial charge in [-0.2, -0.15) is 26.3 Å². The highest BCUT2D eigenvalue weighted by molar-refractivity contribution is 6.01. The van der Waals surface area contributed by atoms with Gasteiger partial charge in [0.05, 0.1) is 19.2 Å². The van der Waals surface area contributed by atoms with E-state index in [9.17, 15) is 35.9 Å². The summed E-state index contributed by atoms with van der Waals surface area (Å²) >= 11 is 0. The summed E-state index contributed by atoms with van der Waals surface area (Å²) in [7, 11) is 2.05. The van der Waals surface area contributed by atoms with Gasteiger partial charge in [-0.25, -0.2) is 0 Å². The van der Waals surface area contributed by atoms with Gasteiger partial charge in [-0.1, -0.05) is 78.9 Å². The van der Waals surface area contributed by atoms with Gasteiger partial charge in [0.15, 0.2) is 0 Å². The van der Waals surface area contributed by atoms with Crippen molar-refractivity contribution in [2.45, 2.75) is 43.2 Å². The molecule has 5 nitrogen and oxygen atoms in total. The number of alkyl halides is 6. The van der Waals surface area contributed by atoms with Crippen molar-refractivity contribution in [3.05, 3.63) is 119 Å². The van der Waals surface area contributed by atoms with Gasteiger partial charge in [-0.05, 0) is 70.8 Å². The van der Waals surface area contributed by atoms with Crippen LogP contribution in [0.3, 0.4) is 0 Å². The van der Waals surface area contributed by atoms with Crippen LogP contribution in [-0.4, -0.2) is 55.3 Å². The van der Waals surface area contributed by atoms with E-state index in [0.717, 1.165) is 23.3 Å². The molecule has 0 aromatic heterocycles. The number of quaternary nitrogens is 1. The lowest BCUT2D eigenvalue weighted by molar-refractivity contribution is -0.949. The number of fused-ring (bicyclic) bond motifs is 3. The second-order valence-corrected chi connectivity index (χ2v) is 12.9. The molecule has 0 unspecified atom stereocenters. The fourth-order valence-corrected chi connectivity index (χ4v) is 7.39. The summed E-state index contributed by atoms with van der Waals surface area (Å²) in [4.78, 5) is 26.7. The second kappa shape index (κ2) is 12.4. The van der Waals surface area contributed by atoms with Crippen LogP contribution >= 0.6 is 0 Å². The number of likely N-dealkylation sites (tertiary alicyclic amines) is 1. The zero-order valence-corrected chi connectivity index (χ0v) is 26.1. The molecule has 1 heterocycles. The van der Waals surface area contributed by atoms with Gasteiger partial charge in [0, 0.05) is 5.56 Å². The quantitative estimate of drug-likeness (QED) is 0.0833. The molecule has 0 atom stereocenters. The van der Waals surface area contributed by atoms with Crippen LogP contribution in [0.5, 0.6) is 0 Å². The first-order chi connectivity index (χ1) is 22.7. The fourth-order valence-electron chi connectivity index (χ4n) is 7.39. The number of rotatable bonds is 9. The molecule has 1 aliphatic heterocycles. The van der Waals surface area contributed by atoms with Crippen LogP contribution in [0.25, 0.3) is 22.3 Å². The number of nitrogens with one attached hydrogen (secondary N) is 2. The number of unbranched alkanes of at least 4 members (excludes halogenated alkanes) is 1. The van der Waals surface area contributed by atoms with Crippen molar-refractivity contribution in [1.82, 2.24) is 10.6 Å². The van der Waals surface area contributed by atoms with Crippen molar-refractivity contribution >= 4 is 11.8 Å². The molecule has 4 aromatic rings. The normalized spacial score (nSPS) is 19.5. The maximum absolute atomic E-state index is 13.5. The molecule has 11 heteroatoms. The van der Waals surface area contributed by atoms with Gasteiger partial charge in [-0.15, -0.1) is 0 Å². The Morgan fingerprint density at radius 2 is 1.29 bits per heavy atom. The molecular weight excluding hydrogens is 632 g/mol. The molecule has 0 radical (unpaired) electrons. The third-order valence-electron chi connectivity index (χ3n) is 9.56. The van der Waals surface area contributed by atoms with Crippen LogP contribution in [0.1, 0.15) is 46.3 Å². The first-order valence-electron chi connectivity index (χ1n) is 15.7. The molecule has 0 bridgehead atoms. The molecule has 0 saturated carbocycles. The lowest BCUT2D eigenvalue weighted by Crippen LogP contribution is -2.69. The fraction of sp³-hybridized carbons (Fsp3) is 0.297. The van der Waals surface area contributed by atoms with E-state index in [-0.39, 0.29) is 18.4 Å². The summed E-state index contributed by atoms with van der Waals surface area (Å²) in [6.45, 7) is 1.98. The van der Waals surface area contributed by atoms with Gasteiger partial charge in [0.2, 0.25) is 5.91 Å². The first kappa shape index (κ1) is 33.3. The Morgan fingerprint density at radius 3 is 1.85 bits per heavy atom. The van der Waals surface area contributed by atoms with E-state index in [1.165, 1.54) is 17.4 Å². The molecule has 1 saturated heterocycles. The number of carbonyl (C=O) groups excluding carboxylic acids is 2. The van der Waals surface area contributed by atoms with E-state index >= 15 is 0 Å². The van der Waals surface area contributed by atoms with Crippen molar-refractivity contribution in [3.63, 3.8) is 0 Å². The number of benzene rings is 4. The summed E-state index contributed by atoms with van der Waals surface area (Å²) in [6, 6.07) is 25.6. The summed E-state index contributed by atoms with van der Waals surface area (Å²) in [5, 5.41) is 4.33. The number of likely N-dealkylation sites (N-methyl/N-ethyl adjacent to an activating group) is 1. The Bertz CT molecular complexity index is 1780. The van der Waals surface area contributed by atoms with Crippen LogP contribution in [-0.2, 0) is 16.4 Å². The minimum atomic E-state index is -4.87. The van der Waals surface area contributed by atoms with E-state index in [4.69, 9.17) is 0 Å². The van der Waals surface area contributed by atoms with Crippen LogP contribution in [0.2, 0.25) is 0 Å². The Morgan fingerprint density at radius 1 is 0.750 bits per heavy atom. The van der Waals surface area contributed by atoms with Gasteiger partial charge in [0.25, 0.3) is 5.91 Å². The van der Waals surface area contributed by atoms with Crippen molar-refractivity contribution in [2.24, 2.45) is 0 Å². The molecule has 4 aromatic carbocycles. The van der Waals surface area contributed by atoms with Crippen molar-refractivity contribution in [2.75, 3.05) is 26.7 Å². The molecule has 48 heavy (non-hydrogen) atoms. The SMILES string of the molecule is C[N+]1(CCCCC2(C(=O)NC(F)(F)F)c3ccccc3-c3ccccc32)CC(NC(=O)c2ccccc2-c2ccc(C(F)(F)F)cc2)C1. The summed E-state index contributed by atoms with van der Waals surface area (Å²) in [5.74, 6) is -1.41. The molecule has 2 aliphatic rings. The number of halogens is 6. The Hall–Kier alpha value is -4.64. The van der Waals surface area contributed by atoms with E-state index in [1.807, 2.05) is 31.3 Å². The van der Waals surface area contributed by atoms with E-state index in [0.29, 0.717) is 64.8 Å². The van der Waals surface area contributed by atoms with Crippen molar-refractivity contribution in [1.29, 1.82) is 0 Å². The highest BCUT2D eigenvalue weighted by Gasteiger charge is 2.51. The largest absolute Gasteiger partial charge is 0.484 e. The average molecular weight is 667 g/mol. The van der Waals surface area contributed by atoms with Gasteiger partial charge in [-0.3, -0.25) is 14.9 Å². The van der Waals surface area contributed by atoms with Crippen LogP contribution in [0.15, 0.2) is 97.1 Å². The molecule has 2 amide bonds. The third kappa shape index (κ3) is 6.43. The van der Waals surface area contributed by atoms with Crippen LogP contribution < -0.4 is 10.6 Å². The summed E-state index contributed by atoms with van der Waals surface area (Å²) < 4.78 is 80.2. The number of amides is 2. The molecule has 0 spiro atoms. The second-order valence-electron chi connectivity index (χ2n) is 12.9. The molecule has 6 rings (SSSR count). The van der Waals surface area contributed by atoms with Gasteiger partial charge < -0.3 is 9.80 Å². The lowest BCUT2D eigenvalue weighted by atomic mass is 9.73. The number of nitrogens with zero attached hydrogens (tertiary/aromatic N) is 1.